The Bertz CT molecular complexity index is 218. The molecule has 0 spiro atoms. The Morgan fingerprint density at radius 3 is 2.73 bits per heavy atom. The van der Waals surface area contributed by atoms with E-state index < -0.39 is 5.97 Å². The number of nitrogens with two attached hydrogens (primary N) is 1. The predicted molar refractivity (Wildman–Crippen MR) is 60.6 cm³/mol. The summed E-state index contributed by atoms with van der Waals surface area (Å²) in [6, 6.07) is 0. The molecule has 3 heteroatoms. The van der Waals surface area contributed by atoms with Crippen molar-refractivity contribution in [3.8, 4) is 0 Å². The molecule has 0 heterocycles. The van der Waals surface area contributed by atoms with E-state index in [0.29, 0.717) is 6.54 Å². The van der Waals surface area contributed by atoms with Crippen LogP contribution in [0.2, 0.25) is 0 Å². The van der Waals surface area contributed by atoms with Crippen molar-refractivity contribution in [3.05, 3.63) is 0 Å². The zero-order valence-corrected chi connectivity index (χ0v) is 9.67. The van der Waals surface area contributed by atoms with Crippen LogP contribution in [0, 0.1) is 11.3 Å². The van der Waals surface area contributed by atoms with Gasteiger partial charge in [0.05, 0.1) is 6.42 Å². The number of carboxylic acids is 1. The second kappa shape index (κ2) is 5.50. The molecule has 1 rings (SSSR count). The molecular formula is C12H23NO2. The summed E-state index contributed by atoms with van der Waals surface area (Å²) in [5.41, 5.74) is 5.66. The van der Waals surface area contributed by atoms with Gasteiger partial charge in [-0.3, -0.25) is 4.79 Å². The van der Waals surface area contributed by atoms with E-state index in [1.807, 2.05) is 0 Å². The van der Waals surface area contributed by atoms with Crippen LogP contribution in [0.15, 0.2) is 0 Å². The van der Waals surface area contributed by atoms with E-state index in [2.05, 4.69) is 6.92 Å². The van der Waals surface area contributed by atoms with Crippen molar-refractivity contribution in [2.45, 2.75) is 51.9 Å². The number of carboxylic acid groups (broad SMARTS) is 1. The highest BCUT2D eigenvalue weighted by Gasteiger charge is 2.33. The van der Waals surface area contributed by atoms with Crippen molar-refractivity contribution in [1.82, 2.24) is 0 Å². The standard InChI is InChI=1S/C12H23NO2/c1-2-10-4-3-6-12(9-13,7-5-10)8-11(14)15/h10H,2-9,13H2,1H3,(H,14,15). The Hall–Kier alpha value is -0.570. The summed E-state index contributed by atoms with van der Waals surface area (Å²) in [6.07, 6.45) is 7.00. The lowest BCUT2D eigenvalue weighted by Crippen LogP contribution is -2.32. The van der Waals surface area contributed by atoms with Crippen LogP contribution in [0.5, 0.6) is 0 Å². The van der Waals surface area contributed by atoms with Gasteiger partial charge in [-0.25, -0.2) is 0 Å². The molecule has 1 aliphatic rings. The number of rotatable bonds is 4. The summed E-state index contributed by atoms with van der Waals surface area (Å²) in [5.74, 6) is 0.0858. The Morgan fingerprint density at radius 2 is 2.20 bits per heavy atom. The third-order valence-electron chi connectivity index (χ3n) is 3.94. The Kier molecular flexibility index (Phi) is 4.58. The Morgan fingerprint density at radius 1 is 1.47 bits per heavy atom. The number of hydrogen-bond donors (Lipinski definition) is 2. The summed E-state index contributed by atoms with van der Waals surface area (Å²) in [7, 11) is 0. The summed E-state index contributed by atoms with van der Waals surface area (Å²) in [4.78, 5) is 10.8. The number of carbonyl (C=O) groups is 1. The van der Waals surface area contributed by atoms with E-state index >= 15 is 0 Å². The van der Waals surface area contributed by atoms with E-state index in [9.17, 15) is 4.79 Å². The van der Waals surface area contributed by atoms with Gasteiger partial charge in [0.25, 0.3) is 0 Å². The van der Waals surface area contributed by atoms with Gasteiger partial charge in [-0.15, -0.1) is 0 Å². The largest absolute Gasteiger partial charge is 0.481 e. The lowest BCUT2D eigenvalue weighted by atomic mass is 9.77. The third-order valence-corrected chi connectivity index (χ3v) is 3.94. The highest BCUT2D eigenvalue weighted by molar-refractivity contribution is 5.67. The van der Waals surface area contributed by atoms with Gasteiger partial charge in [-0.2, -0.15) is 0 Å². The Balaban J connectivity index is 2.61. The molecule has 0 saturated heterocycles. The maximum absolute atomic E-state index is 10.8. The fourth-order valence-corrected chi connectivity index (χ4v) is 2.73. The van der Waals surface area contributed by atoms with Gasteiger partial charge >= 0.3 is 5.97 Å². The first-order valence-electron chi connectivity index (χ1n) is 6.04. The van der Waals surface area contributed by atoms with Gasteiger partial charge in [-0.05, 0) is 37.1 Å². The summed E-state index contributed by atoms with van der Waals surface area (Å²) >= 11 is 0. The molecule has 0 aromatic rings. The van der Waals surface area contributed by atoms with Crippen molar-refractivity contribution in [1.29, 1.82) is 0 Å². The maximum atomic E-state index is 10.8. The Labute approximate surface area is 92.0 Å². The molecule has 0 aromatic heterocycles. The van der Waals surface area contributed by atoms with Gasteiger partial charge in [0.15, 0.2) is 0 Å². The molecule has 0 aliphatic heterocycles. The van der Waals surface area contributed by atoms with Gasteiger partial charge < -0.3 is 10.8 Å². The molecular weight excluding hydrogens is 190 g/mol. The second-order valence-corrected chi connectivity index (χ2v) is 4.98. The molecule has 0 amide bonds. The van der Waals surface area contributed by atoms with Gasteiger partial charge in [0.1, 0.15) is 0 Å². The molecule has 2 atom stereocenters. The summed E-state index contributed by atoms with van der Waals surface area (Å²) in [6.45, 7) is 2.74. The average Bonchev–Trinajstić information content (AvgIpc) is 2.40. The minimum absolute atomic E-state index is 0.115. The van der Waals surface area contributed by atoms with Gasteiger partial charge in [-0.1, -0.05) is 26.2 Å². The molecule has 3 N–H and O–H groups in total. The SMILES string of the molecule is CCC1CCCC(CN)(CC(=O)O)CC1. The monoisotopic (exact) mass is 213 g/mol. The molecule has 1 saturated carbocycles. The highest BCUT2D eigenvalue weighted by atomic mass is 16.4. The van der Waals surface area contributed by atoms with Crippen molar-refractivity contribution in [3.63, 3.8) is 0 Å². The van der Waals surface area contributed by atoms with Crippen molar-refractivity contribution in [2.24, 2.45) is 17.1 Å². The average molecular weight is 213 g/mol. The van der Waals surface area contributed by atoms with E-state index in [-0.39, 0.29) is 11.8 Å². The molecule has 15 heavy (non-hydrogen) atoms. The van der Waals surface area contributed by atoms with E-state index in [0.717, 1.165) is 31.6 Å². The normalized spacial score (nSPS) is 32.3. The lowest BCUT2D eigenvalue weighted by molar-refractivity contribution is -0.139. The first-order chi connectivity index (χ1) is 7.12. The molecule has 0 bridgehead atoms. The van der Waals surface area contributed by atoms with Crippen LogP contribution in [0.1, 0.15) is 51.9 Å². The first-order valence-corrected chi connectivity index (χ1v) is 6.04. The smallest absolute Gasteiger partial charge is 0.303 e. The first kappa shape index (κ1) is 12.5. The molecule has 2 unspecified atom stereocenters. The fraction of sp³-hybridized carbons (Fsp3) is 0.917. The van der Waals surface area contributed by atoms with Gasteiger partial charge in [0.2, 0.25) is 0 Å². The zero-order chi connectivity index (χ0) is 11.3. The topological polar surface area (TPSA) is 63.3 Å². The molecule has 1 fully saturated rings. The van der Waals surface area contributed by atoms with Crippen LogP contribution < -0.4 is 5.73 Å². The highest BCUT2D eigenvalue weighted by Crippen LogP contribution is 2.39. The molecule has 88 valence electrons. The van der Waals surface area contributed by atoms with E-state index in [4.69, 9.17) is 10.8 Å². The van der Waals surface area contributed by atoms with Crippen molar-refractivity contribution in [2.75, 3.05) is 6.54 Å². The second-order valence-electron chi connectivity index (χ2n) is 4.98. The summed E-state index contributed by atoms with van der Waals surface area (Å²) in [5, 5.41) is 8.92. The molecule has 1 aliphatic carbocycles. The van der Waals surface area contributed by atoms with Crippen LogP contribution in [0.4, 0.5) is 0 Å². The zero-order valence-electron chi connectivity index (χ0n) is 9.67. The number of aliphatic carboxylic acids is 1. The van der Waals surface area contributed by atoms with Crippen LogP contribution in [0.25, 0.3) is 0 Å². The van der Waals surface area contributed by atoms with Crippen LogP contribution in [0.3, 0.4) is 0 Å². The molecule has 0 radical (unpaired) electrons. The van der Waals surface area contributed by atoms with Crippen molar-refractivity contribution < 1.29 is 9.90 Å². The fourth-order valence-electron chi connectivity index (χ4n) is 2.73. The van der Waals surface area contributed by atoms with Crippen LogP contribution in [-0.2, 0) is 4.79 Å². The van der Waals surface area contributed by atoms with Gasteiger partial charge in [0, 0.05) is 0 Å². The van der Waals surface area contributed by atoms with Crippen LogP contribution >= 0.6 is 0 Å². The third kappa shape index (κ3) is 3.49. The van der Waals surface area contributed by atoms with Crippen LogP contribution in [-0.4, -0.2) is 17.6 Å². The van der Waals surface area contributed by atoms with Crippen molar-refractivity contribution >= 4 is 5.97 Å². The minimum Gasteiger partial charge on any atom is -0.481 e. The quantitative estimate of drug-likeness (QED) is 0.705. The minimum atomic E-state index is -0.699. The van der Waals surface area contributed by atoms with E-state index in [1.165, 1.54) is 12.8 Å². The summed E-state index contributed by atoms with van der Waals surface area (Å²) < 4.78 is 0. The molecule has 3 nitrogen and oxygen atoms in total. The molecule has 0 aromatic carbocycles. The predicted octanol–water partition coefficient (Wildman–Crippen LogP) is 2.40. The lowest BCUT2D eigenvalue weighted by Gasteiger charge is -2.29. The maximum Gasteiger partial charge on any atom is 0.303 e. The van der Waals surface area contributed by atoms with E-state index in [1.54, 1.807) is 0 Å². The number of hydrogen-bond acceptors (Lipinski definition) is 2.